The van der Waals surface area contributed by atoms with E-state index in [0.29, 0.717) is 29.9 Å². The molecule has 1 aliphatic rings. The molecule has 29 heavy (non-hydrogen) atoms. The van der Waals surface area contributed by atoms with Crippen LogP contribution in [-0.4, -0.2) is 38.6 Å². The molecule has 0 radical (unpaired) electrons. The van der Waals surface area contributed by atoms with E-state index in [9.17, 15) is 22.4 Å². The summed E-state index contributed by atoms with van der Waals surface area (Å²) in [7, 11) is 1.73. The number of rotatable bonds is 5. The maximum absolute atomic E-state index is 13.7. The summed E-state index contributed by atoms with van der Waals surface area (Å²) in [6.07, 6.45) is -5.33. The summed E-state index contributed by atoms with van der Waals surface area (Å²) >= 11 is 0. The molecule has 1 amide bonds. The number of nitrogens with one attached hydrogen (secondary N) is 2. The monoisotopic (exact) mass is 411 g/mol. The highest BCUT2D eigenvalue weighted by Crippen LogP contribution is 2.32. The van der Waals surface area contributed by atoms with Crippen LogP contribution in [0.3, 0.4) is 0 Å². The number of hydrogen-bond acceptors (Lipinski definition) is 4. The van der Waals surface area contributed by atoms with Crippen molar-refractivity contribution in [1.29, 1.82) is 0 Å². The lowest BCUT2D eigenvalue weighted by Gasteiger charge is -2.23. The normalized spacial score (nSPS) is 16.6. The molecule has 1 atom stereocenters. The fourth-order valence-electron chi connectivity index (χ4n) is 3.28. The molecule has 1 aliphatic heterocycles. The highest BCUT2D eigenvalue weighted by molar-refractivity contribution is 6.09. The Balaban J connectivity index is 1.84. The maximum atomic E-state index is 13.7. The Morgan fingerprint density at radius 1 is 1.21 bits per heavy atom. The number of carbonyl (C=O) groups excluding carboxylic acids is 1. The molecule has 2 aromatic carbocycles. The molecule has 0 aromatic heterocycles. The summed E-state index contributed by atoms with van der Waals surface area (Å²) in [5.41, 5.74) is 2.95. The van der Waals surface area contributed by atoms with Crippen molar-refractivity contribution >= 4 is 23.0 Å². The van der Waals surface area contributed by atoms with Crippen molar-refractivity contribution in [3.05, 3.63) is 47.5 Å². The number of aryl methyl sites for hydroxylation is 1. The predicted molar refractivity (Wildman–Crippen MR) is 104 cm³/mol. The lowest BCUT2D eigenvalue weighted by Crippen LogP contribution is -2.24. The Hall–Kier alpha value is -2.97. The van der Waals surface area contributed by atoms with Crippen LogP contribution in [0.25, 0.3) is 0 Å². The topological polar surface area (TPSA) is 53.6 Å². The molecule has 1 fully saturated rings. The minimum Gasteiger partial charge on any atom is -0.406 e. The highest BCUT2D eigenvalue weighted by atomic mass is 19.4. The predicted octanol–water partition coefficient (Wildman–Crippen LogP) is 4.74. The molecular weight excluding hydrogens is 390 g/mol. The number of nitrogens with zero attached hydrogens (tertiary/aromatic N) is 1. The molecule has 2 aromatic rings. The molecule has 156 valence electrons. The van der Waals surface area contributed by atoms with E-state index < -0.39 is 18.4 Å². The molecule has 2 N–H and O–H groups in total. The third-order valence-electron chi connectivity index (χ3n) is 4.67. The van der Waals surface area contributed by atoms with Crippen LogP contribution in [-0.2, 0) is 0 Å². The molecule has 1 saturated heterocycles. The third-order valence-corrected chi connectivity index (χ3v) is 4.67. The lowest BCUT2D eigenvalue weighted by molar-refractivity contribution is -0.274. The summed E-state index contributed by atoms with van der Waals surface area (Å²) in [6, 6.07) is 8.39. The van der Waals surface area contributed by atoms with Crippen LogP contribution in [0.2, 0.25) is 0 Å². The van der Waals surface area contributed by atoms with Crippen molar-refractivity contribution in [3.63, 3.8) is 0 Å². The van der Waals surface area contributed by atoms with E-state index in [1.54, 1.807) is 13.1 Å². The fraction of sp³-hybridized carbons (Fsp3) is 0.350. The van der Waals surface area contributed by atoms with E-state index in [2.05, 4.69) is 15.4 Å². The SMILES string of the molecule is CNc1cc(C(=O)Nc2ccc(OC(F)(F)F)cc2)c(N2CCC(F)C2)cc1C. The number of ether oxygens (including phenoxy) is 1. The highest BCUT2D eigenvalue weighted by Gasteiger charge is 2.31. The van der Waals surface area contributed by atoms with Gasteiger partial charge in [0, 0.05) is 31.5 Å². The molecule has 0 bridgehead atoms. The number of anilines is 3. The maximum Gasteiger partial charge on any atom is 0.573 e. The summed E-state index contributed by atoms with van der Waals surface area (Å²) in [6.45, 7) is 2.60. The van der Waals surface area contributed by atoms with Gasteiger partial charge in [0.05, 0.1) is 11.3 Å². The van der Waals surface area contributed by atoms with Gasteiger partial charge in [-0.15, -0.1) is 13.2 Å². The number of amides is 1. The Morgan fingerprint density at radius 2 is 1.90 bits per heavy atom. The second-order valence-corrected chi connectivity index (χ2v) is 6.79. The quantitative estimate of drug-likeness (QED) is 0.698. The van der Waals surface area contributed by atoms with Gasteiger partial charge in [-0.25, -0.2) is 4.39 Å². The van der Waals surface area contributed by atoms with Crippen LogP contribution < -0.4 is 20.3 Å². The van der Waals surface area contributed by atoms with Crippen molar-refractivity contribution in [2.75, 3.05) is 35.7 Å². The van der Waals surface area contributed by atoms with Crippen molar-refractivity contribution in [2.45, 2.75) is 25.9 Å². The van der Waals surface area contributed by atoms with Gasteiger partial charge in [0.2, 0.25) is 0 Å². The minimum absolute atomic E-state index is 0.210. The van der Waals surface area contributed by atoms with Gasteiger partial charge in [-0.2, -0.15) is 0 Å². The van der Waals surface area contributed by atoms with E-state index in [0.717, 1.165) is 23.4 Å². The van der Waals surface area contributed by atoms with E-state index in [1.807, 2.05) is 17.9 Å². The zero-order chi connectivity index (χ0) is 21.2. The Kier molecular flexibility index (Phi) is 5.86. The smallest absolute Gasteiger partial charge is 0.406 e. The zero-order valence-corrected chi connectivity index (χ0v) is 15.9. The Labute approximate surface area is 165 Å². The second-order valence-electron chi connectivity index (χ2n) is 6.79. The molecule has 1 unspecified atom stereocenters. The van der Waals surface area contributed by atoms with Gasteiger partial charge in [-0.1, -0.05) is 0 Å². The summed E-state index contributed by atoms with van der Waals surface area (Å²) < 4.78 is 54.3. The zero-order valence-electron chi connectivity index (χ0n) is 15.9. The molecule has 1 heterocycles. The molecule has 0 spiro atoms. The van der Waals surface area contributed by atoms with Crippen molar-refractivity contribution in [2.24, 2.45) is 0 Å². The first kappa shape index (κ1) is 20.8. The van der Waals surface area contributed by atoms with Gasteiger partial charge in [-0.3, -0.25) is 4.79 Å². The summed E-state index contributed by atoms with van der Waals surface area (Å²) in [4.78, 5) is 14.7. The van der Waals surface area contributed by atoms with Crippen LogP contribution in [0.15, 0.2) is 36.4 Å². The van der Waals surface area contributed by atoms with Crippen LogP contribution in [0, 0.1) is 6.92 Å². The molecule has 5 nitrogen and oxygen atoms in total. The number of carbonyl (C=O) groups is 1. The van der Waals surface area contributed by atoms with E-state index in [4.69, 9.17) is 0 Å². The lowest BCUT2D eigenvalue weighted by atomic mass is 10.1. The summed E-state index contributed by atoms with van der Waals surface area (Å²) in [5.74, 6) is -0.821. The average Bonchev–Trinajstić information content (AvgIpc) is 3.08. The third kappa shape index (κ3) is 5.10. The van der Waals surface area contributed by atoms with Gasteiger partial charge in [0.25, 0.3) is 5.91 Å². The summed E-state index contributed by atoms with van der Waals surface area (Å²) in [5, 5.41) is 5.68. The van der Waals surface area contributed by atoms with E-state index >= 15 is 0 Å². The van der Waals surface area contributed by atoms with Gasteiger partial charge in [0.15, 0.2) is 0 Å². The average molecular weight is 411 g/mol. The van der Waals surface area contributed by atoms with Crippen molar-refractivity contribution in [1.82, 2.24) is 0 Å². The minimum atomic E-state index is -4.78. The largest absolute Gasteiger partial charge is 0.573 e. The fourth-order valence-corrected chi connectivity index (χ4v) is 3.28. The van der Waals surface area contributed by atoms with Gasteiger partial charge in [-0.05, 0) is 55.3 Å². The molecular formula is C20H21F4N3O2. The van der Waals surface area contributed by atoms with Crippen LogP contribution in [0.1, 0.15) is 22.3 Å². The first-order valence-electron chi connectivity index (χ1n) is 9.05. The second kappa shape index (κ2) is 8.18. The van der Waals surface area contributed by atoms with E-state index in [1.165, 1.54) is 12.1 Å². The number of alkyl halides is 4. The van der Waals surface area contributed by atoms with Crippen LogP contribution >= 0.6 is 0 Å². The standard InChI is InChI=1S/C20H21F4N3O2/c1-12-9-18(27-8-7-13(21)11-27)16(10-17(12)25-2)19(28)26-14-3-5-15(6-4-14)29-20(22,23)24/h3-6,9-10,13,25H,7-8,11H2,1-2H3,(H,26,28). The number of halogens is 4. The van der Waals surface area contributed by atoms with E-state index in [-0.39, 0.29) is 12.3 Å². The molecule has 0 saturated carbocycles. The first-order chi connectivity index (χ1) is 13.7. The molecule has 0 aliphatic carbocycles. The van der Waals surface area contributed by atoms with Gasteiger partial charge in [0.1, 0.15) is 11.9 Å². The molecule has 3 rings (SSSR count). The van der Waals surface area contributed by atoms with Crippen LogP contribution in [0.4, 0.5) is 34.6 Å². The number of hydrogen-bond donors (Lipinski definition) is 2. The first-order valence-corrected chi connectivity index (χ1v) is 9.05. The molecule has 9 heteroatoms. The van der Waals surface area contributed by atoms with Crippen molar-refractivity contribution < 1.29 is 27.1 Å². The van der Waals surface area contributed by atoms with Gasteiger partial charge >= 0.3 is 6.36 Å². The number of benzene rings is 2. The Bertz CT molecular complexity index is 885. The Morgan fingerprint density at radius 3 is 2.45 bits per heavy atom. The van der Waals surface area contributed by atoms with Crippen molar-refractivity contribution in [3.8, 4) is 5.75 Å². The van der Waals surface area contributed by atoms with Crippen LogP contribution in [0.5, 0.6) is 5.75 Å². The van der Waals surface area contributed by atoms with Gasteiger partial charge < -0.3 is 20.3 Å².